The van der Waals surface area contributed by atoms with Crippen LogP contribution in [0.1, 0.15) is 24.8 Å². The van der Waals surface area contributed by atoms with E-state index in [0.29, 0.717) is 11.8 Å². The minimum Gasteiger partial charge on any atom is -0.497 e. The highest BCUT2D eigenvalue weighted by Gasteiger charge is 2.38. The maximum atomic E-state index is 11.5. The van der Waals surface area contributed by atoms with Gasteiger partial charge in [0.25, 0.3) is 0 Å². The minimum absolute atomic E-state index is 0.119. The summed E-state index contributed by atoms with van der Waals surface area (Å²) in [5.41, 5.74) is 0.505. The van der Waals surface area contributed by atoms with Crippen LogP contribution in [0, 0.1) is 0 Å². The van der Waals surface area contributed by atoms with Crippen LogP contribution in [-0.4, -0.2) is 18.4 Å². The van der Waals surface area contributed by atoms with Gasteiger partial charge in [0.2, 0.25) is 0 Å². The lowest BCUT2D eigenvalue weighted by atomic mass is 9.88. The second kappa shape index (κ2) is 5.08. The van der Waals surface area contributed by atoms with Gasteiger partial charge >= 0.3 is 5.97 Å². The van der Waals surface area contributed by atoms with E-state index < -0.39 is 5.60 Å². The van der Waals surface area contributed by atoms with E-state index in [0.717, 1.165) is 24.2 Å². The highest BCUT2D eigenvalue weighted by molar-refractivity contribution is 9.09. The van der Waals surface area contributed by atoms with Gasteiger partial charge in [-0.1, -0.05) is 28.1 Å². The molecule has 2 rings (SSSR count). The van der Waals surface area contributed by atoms with Crippen molar-refractivity contribution < 1.29 is 14.3 Å². The van der Waals surface area contributed by atoms with Gasteiger partial charge in [-0.2, -0.15) is 0 Å². The van der Waals surface area contributed by atoms with Gasteiger partial charge in [-0.05, 0) is 30.5 Å². The average Bonchev–Trinajstić information content (AvgIpc) is 2.38. The van der Waals surface area contributed by atoms with Crippen LogP contribution in [0.5, 0.6) is 5.75 Å². The van der Waals surface area contributed by atoms with Crippen molar-refractivity contribution in [1.82, 2.24) is 0 Å². The molecule has 0 radical (unpaired) electrons. The lowest BCUT2D eigenvalue weighted by Crippen LogP contribution is -2.37. The molecule has 0 aromatic heterocycles. The van der Waals surface area contributed by atoms with E-state index in [2.05, 4.69) is 15.9 Å². The molecule has 1 atom stereocenters. The standard InChI is InChI=1S/C13H15BrO3/c1-16-11-6-4-10(5-7-11)13(9-14)8-2-3-12(15)17-13/h4-7H,2-3,8-9H2,1H3/t13-/m1/s1. The zero-order chi connectivity index (χ0) is 12.3. The molecule has 1 saturated heterocycles. The molecule has 4 heteroatoms. The van der Waals surface area contributed by atoms with Gasteiger partial charge < -0.3 is 9.47 Å². The Morgan fingerprint density at radius 2 is 2.12 bits per heavy atom. The van der Waals surface area contributed by atoms with Crippen molar-refractivity contribution in [2.75, 3.05) is 12.4 Å². The Morgan fingerprint density at radius 3 is 2.65 bits per heavy atom. The van der Waals surface area contributed by atoms with E-state index in [-0.39, 0.29) is 5.97 Å². The third kappa shape index (κ3) is 2.46. The summed E-state index contributed by atoms with van der Waals surface area (Å²) in [6.45, 7) is 0. The van der Waals surface area contributed by atoms with E-state index in [1.165, 1.54) is 0 Å². The van der Waals surface area contributed by atoms with Crippen molar-refractivity contribution in [3.63, 3.8) is 0 Å². The molecular formula is C13H15BrO3. The van der Waals surface area contributed by atoms with E-state index in [1.807, 2.05) is 24.3 Å². The number of esters is 1. The van der Waals surface area contributed by atoms with Crippen molar-refractivity contribution in [3.05, 3.63) is 29.8 Å². The van der Waals surface area contributed by atoms with Crippen LogP contribution in [0.25, 0.3) is 0 Å². The number of hydrogen-bond acceptors (Lipinski definition) is 3. The van der Waals surface area contributed by atoms with Crippen LogP contribution in [0.2, 0.25) is 0 Å². The molecule has 1 aliphatic rings. The van der Waals surface area contributed by atoms with Gasteiger partial charge in [0.1, 0.15) is 11.4 Å². The van der Waals surface area contributed by atoms with Gasteiger partial charge in [0.15, 0.2) is 0 Å². The Kier molecular flexibility index (Phi) is 3.72. The van der Waals surface area contributed by atoms with E-state index >= 15 is 0 Å². The SMILES string of the molecule is COc1ccc([C@]2(CBr)CCCC(=O)O2)cc1. The third-order valence-electron chi connectivity index (χ3n) is 3.10. The monoisotopic (exact) mass is 298 g/mol. The summed E-state index contributed by atoms with van der Waals surface area (Å²) in [5, 5.41) is 0.623. The number of carbonyl (C=O) groups is 1. The average molecular weight is 299 g/mol. The van der Waals surface area contributed by atoms with Crippen LogP contribution in [0.3, 0.4) is 0 Å². The van der Waals surface area contributed by atoms with Crippen LogP contribution in [0.15, 0.2) is 24.3 Å². The van der Waals surface area contributed by atoms with E-state index in [1.54, 1.807) is 7.11 Å². The summed E-state index contributed by atoms with van der Waals surface area (Å²) in [7, 11) is 1.63. The second-order valence-corrected chi connectivity index (χ2v) is 4.74. The zero-order valence-corrected chi connectivity index (χ0v) is 11.3. The molecular weight excluding hydrogens is 284 g/mol. The topological polar surface area (TPSA) is 35.5 Å². The predicted molar refractivity (Wildman–Crippen MR) is 68.4 cm³/mol. The van der Waals surface area contributed by atoms with Crippen molar-refractivity contribution in [3.8, 4) is 5.75 Å². The molecule has 1 aromatic carbocycles. The van der Waals surface area contributed by atoms with Gasteiger partial charge in [-0.15, -0.1) is 0 Å². The van der Waals surface area contributed by atoms with Crippen LogP contribution in [-0.2, 0) is 15.1 Å². The fraction of sp³-hybridized carbons (Fsp3) is 0.462. The highest BCUT2D eigenvalue weighted by Crippen LogP contribution is 2.37. The normalized spacial score (nSPS) is 24.2. The summed E-state index contributed by atoms with van der Waals surface area (Å²) >= 11 is 3.46. The quantitative estimate of drug-likeness (QED) is 0.636. The summed E-state index contributed by atoms with van der Waals surface area (Å²) in [6.07, 6.45) is 2.25. The van der Waals surface area contributed by atoms with Gasteiger partial charge in [0.05, 0.1) is 7.11 Å². The minimum atomic E-state index is -0.512. The number of methoxy groups -OCH3 is 1. The molecule has 0 bridgehead atoms. The molecule has 0 amide bonds. The Labute approximate surface area is 109 Å². The van der Waals surface area contributed by atoms with Crippen LogP contribution in [0.4, 0.5) is 0 Å². The second-order valence-electron chi connectivity index (χ2n) is 4.18. The summed E-state index contributed by atoms with van der Waals surface area (Å²) in [6, 6.07) is 7.70. The van der Waals surface area contributed by atoms with Crippen molar-refractivity contribution >= 4 is 21.9 Å². The number of benzene rings is 1. The van der Waals surface area contributed by atoms with Crippen molar-refractivity contribution in [2.24, 2.45) is 0 Å². The molecule has 0 aliphatic carbocycles. The Bertz CT molecular complexity index is 402. The van der Waals surface area contributed by atoms with Gasteiger partial charge in [-0.3, -0.25) is 4.79 Å². The lowest BCUT2D eigenvalue weighted by molar-refractivity contribution is -0.165. The summed E-state index contributed by atoms with van der Waals surface area (Å²) in [5.74, 6) is 0.687. The lowest BCUT2D eigenvalue weighted by Gasteiger charge is -2.35. The molecule has 1 aliphatic heterocycles. The first-order valence-electron chi connectivity index (χ1n) is 5.62. The largest absolute Gasteiger partial charge is 0.497 e. The Balaban J connectivity index is 2.29. The summed E-state index contributed by atoms with van der Waals surface area (Å²) < 4.78 is 10.7. The zero-order valence-electron chi connectivity index (χ0n) is 9.74. The smallest absolute Gasteiger partial charge is 0.306 e. The molecule has 1 aromatic rings. The molecule has 17 heavy (non-hydrogen) atoms. The molecule has 1 fully saturated rings. The first-order valence-corrected chi connectivity index (χ1v) is 6.75. The molecule has 0 saturated carbocycles. The third-order valence-corrected chi connectivity index (χ3v) is 4.01. The Morgan fingerprint density at radius 1 is 1.41 bits per heavy atom. The number of ether oxygens (including phenoxy) is 2. The number of halogens is 1. The first-order chi connectivity index (χ1) is 8.20. The molecule has 0 N–H and O–H groups in total. The number of carbonyl (C=O) groups excluding carboxylic acids is 1. The van der Waals surface area contributed by atoms with Crippen molar-refractivity contribution in [1.29, 1.82) is 0 Å². The first kappa shape index (κ1) is 12.4. The van der Waals surface area contributed by atoms with E-state index in [4.69, 9.17) is 9.47 Å². The Hall–Kier alpha value is -1.03. The highest BCUT2D eigenvalue weighted by atomic mass is 79.9. The van der Waals surface area contributed by atoms with Gasteiger partial charge in [-0.25, -0.2) is 0 Å². The van der Waals surface area contributed by atoms with Crippen LogP contribution < -0.4 is 4.74 Å². The fourth-order valence-corrected chi connectivity index (χ4v) is 2.83. The predicted octanol–water partition coefficient (Wildman–Crippen LogP) is 3.01. The molecule has 0 spiro atoms. The maximum Gasteiger partial charge on any atom is 0.306 e. The summed E-state index contributed by atoms with van der Waals surface area (Å²) in [4.78, 5) is 11.5. The number of cyclic esters (lactones) is 1. The molecule has 1 heterocycles. The number of alkyl halides is 1. The van der Waals surface area contributed by atoms with Gasteiger partial charge in [0, 0.05) is 11.8 Å². The fourth-order valence-electron chi connectivity index (χ4n) is 2.11. The maximum absolute atomic E-state index is 11.5. The molecule has 0 unspecified atom stereocenters. The molecule has 92 valence electrons. The van der Waals surface area contributed by atoms with Crippen molar-refractivity contribution in [2.45, 2.75) is 24.9 Å². The number of rotatable bonds is 3. The van der Waals surface area contributed by atoms with Crippen LogP contribution >= 0.6 is 15.9 Å². The van der Waals surface area contributed by atoms with E-state index in [9.17, 15) is 4.79 Å². The number of hydrogen-bond donors (Lipinski definition) is 0. The molecule has 3 nitrogen and oxygen atoms in total.